The SMILES string of the molecule is COc1ccc2nc(CN3CCc4c(nc(-c5cccnc5)[nH]c4=O)C3)ccc2c1. The molecule has 150 valence electrons. The molecule has 0 saturated carbocycles. The third kappa shape index (κ3) is 3.55. The van der Waals surface area contributed by atoms with E-state index in [0.717, 1.165) is 45.7 Å². The fraction of sp³-hybridized carbons (Fsp3) is 0.217. The quantitative estimate of drug-likeness (QED) is 0.568. The van der Waals surface area contributed by atoms with Crippen LogP contribution in [-0.4, -0.2) is 38.5 Å². The second-order valence-electron chi connectivity index (χ2n) is 7.40. The van der Waals surface area contributed by atoms with Crippen LogP contribution in [0.2, 0.25) is 0 Å². The summed E-state index contributed by atoms with van der Waals surface area (Å²) in [5.74, 6) is 1.39. The van der Waals surface area contributed by atoms with Crippen LogP contribution >= 0.6 is 0 Å². The van der Waals surface area contributed by atoms with Crippen molar-refractivity contribution in [2.24, 2.45) is 0 Å². The van der Waals surface area contributed by atoms with Crippen LogP contribution in [0.1, 0.15) is 17.0 Å². The summed E-state index contributed by atoms with van der Waals surface area (Å²) in [5.41, 5.74) is 4.29. The number of aromatic amines is 1. The van der Waals surface area contributed by atoms with Gasteiger partial charge in [-0.05, 0) is 42.8 Å². The lowest BCUT2D eigenvalue weighted by Crippen LogP contribution is -2.35. The van der Waals surface area contributed by atoms with Crippen molar-refractivity contribution < 1.29 is 4.74 Å². The Bertz CT molecular complexity index is 1270. The molecule has 5 rings (SSSR count). The van der Waals surface area contributed by atoms with E-state index in [2.05, 4.69) is 20.9 Å². The van der Waals surface area contributed by atoms with E-state index in [1.54, 1.807) is 19.5 Å². The molecule has 0 amide bonds. The molecule has 7 heteroatoms. The molecule has 3 aromatic heterocycles. The predicted octanol–water partition coefficient (Wildman–Crippen LogP) is 2.95. The van der Waals surface area contributed by atoms with Crippen molar-refractivity contribution in [3.63, 3.8) is 0 Å². The van der Waals surface area contributed by atoms with Crippen molar-refractivity contribution >= 4 is 10.9 Å². The molecule has 0 spiro atoms. The van der Waals surface area contributed by atoms with Crippen LogP contribution in [0.25, 0.3) is 22.3 Å². The topological polar surface area (TPSA) is 84.0 Å². The highest BCUT2D eigenvalue weighted by Crippen LogP contribution is 2.22. The number of rotatable bonds is 4. The first-order valence-electron chi connectivity index (χ1n) is 9.88. The fourth-order valence-electron chi connectivity index (χ4n) is 3.86. The summed E-state index contributed by atoms with van der Waals surface area (Å²) in [6, 6.07) is 13.7. The molecule has 1 aromatic carbocycles. The zero-order chi connectivity index (χ0) is 20.5. The molecule has 1 aliphatic rings. The Morgan fingerprint density at radius 2 is 2.10 bits per heavy atom. The van der Waals surface area contributed by atoms with Gasteiger partial charge in [0.15, 0.2) is 0 Å². The Labute approximate surface area is 173 Å². The number of hydrogen-bond acceptors (Lipinski definition) is 6. The third-order valence-electron chi connectivity index (χ3n) is 5.43. The van der Waals surface area contributed by atoms with E-state index in [0.29, 0.717) is 25.3 Å². The van der Waals surface area contributed by atoms with Gasteiger partial charge in [0.2, 0.25) is 0 Å². The normalized spacial score (nSPS) is 13.9. The van der Waals surface area contributed by atoms with Gasteiger partial charge in [-0.3, -0.25) is 19.7 Å². The highest BCUT2D eigenvalue weighted by molar-refractivity contribution is 5.80. The minimum atomic E-state index is -0.0590. The first-order valence-corrected chi connectivity index (χ1v) is 9.88. The molecule has 0 atom stereocenters. The van der Waals surface area contributed by atoms with Crippen molar-refractivity contribution in [1.82, 2.24) is 24.8 Å². The van der Waals surface area contributed by atoms with Crippen LogP contribution in [0.3, 0.4) is 0 Å². The number of ether oxygens (including phenoxy) is 1. The van der Waals surface area contributed by atoms with Crippen molar-refractivity contribution in [2.45, 2.75) is 19.5 Å². The Morgan fingerprint density at radius 3 is 2.93 bits per heavy atom. The van der Waals surface area contributed by atoms with E-state index in [9.17, 15) is 4.79 Å². The lowest BCUT2D eigenvalue weighted by atomic mass is 10.1. The fourth-order valence-corrected chi connectivity index (χ4v) is 3.86. The molecular formula is C23H21N5O2. The van der Waals surface area contributed by atoms with E-state index in [4.69, 9.17) is 14.7 Å². The predicted molar refractivity (Wildman–Crippen MR) is 114 cm³/mol. The molecule has 0 aliphatic carbocycles. The van der Waals surface area contributed by atoms with Gasteiger partial charge in [-0.25, -0.2) is 4.98 Å². The average Bonchev–Trinajstić information content (AvgIpc) is 2.79. The number of nitrogens with one attached hydrogen (secondary N) is 1. The molecule has 0 fully saturated rings. The molecule has 30 heavy (non-hydrogen) atoms. The molecule has 0 radical (unpaired) electrons. The van der Waals surface area contributed by atoms with Crippen molar-refractivity contribution in [3.8, 4) is 17.1 Å². The largest absolute Gasteiger partial charge is 0.497 e. The molecule has 4 heterocycles. The van der Waals surface area contributed by atoms with Gasteiger partial charge in [-0.2, -0.15) is 0 Å². The summed E-state index contributed by atoms with van der Waals surface area (Å²) in [6.07, 6.45) is 4.09. The van der Waals surface area contributed by atoms with E-state index >= 15 is 0 Å². The first-order chi connectivity index (χ1) is 14.7. The standard InChI is InChI=1S/C23H21N5O2/c1-30-18-6-7-20-15(11-18)4-5-17(25-20)13-28-10-8-19-21(14-28)26-22(27-23(19)29)16-3-2-9-24-12-16/h2-7,9,11-12H,8,10,13-14H2,1H3,(H,26,27,29). The van der Waals surface area contributed by atoms with E-state index < -0.39 is 0 Å². The average molecular weight is 399 g/mol. The number of aromatic nitrogens is 4. The third-order valence-corrected chi connectivity index (χ3v) is 5.43. The van der Waals surface area contributed by atoms with E-state index in [-0.39, 0.29) is 5.56 Å². The Balaban J connectivity index is 1.39. The highest BCUT2D eigenvalue weighted by atomic mass is 16.5. The second kappa shape index (κ2) is 7.68. The second-order valence-corrected chi connectivity index (χ2v) is 7.40. The highest BCUT2D eigenvalue weighted by Gasteiger charge is 2.22. The molecule has 0 saturated heterocycles. The van der Waals surface area contributed by atoms with Crippen LogP contribution in [0.15, 0.2) is 59.7 Å². The van der Waals surface area contributed by atoms with Crippen LogP contribution in [0, 0.1) is 0 Å². The maximum Gasteiger partial charge on any atom is 0.254 e. The maximum atomic E-state index is 12.6. The van der Waals surface area contributed by atoms with Gasteiger partial charge in [0, 0.05) is 48.5 Å². The lowest BCUT2D eigenvalue weighted by molar-refractivity contribution is 0.238. The number of pyridine rings is 2. The van der Waals surface area contributed by atoms with Crippen LogP contribution in [-0.2, 0) is 19.5 Å². The van der Waals surface area contributed by atoms with E-state index in [1.165, 1.54) is 0 Å². The maximum absolute atomic E-state index is 12.6. The number of nitrogens with zero attached hydrogens (tertiary/aromatic N) is 4. The summed E-state index contributed by atoms with van der Waals surface area (Å²) < 4.78 is 5.28. The van der Waals surface area contributed by atoms with Gasteiger partial charge in [-0.1, -0.05) is 6.07 Å². The number of H-pyrrole nitrogens is 1. The van der Waals surface area contributed by atoms with Gasteiger partial charge < -0.3 is 9.72 Å². The summed E-state index contributed by atoms with van der Waals surface area (Å²) in [4.78, 5) is 31.4. The zero-order valence-electron chi connectivity index (χ0n) is 16.6. The molecule has 0 unspecified atom stereocenters. The van der Waals surface area contributed by atoms with Crippen molar-refractivity contribution in [2.75, 3.05) is 13.7 Å². The van der Waals surface area contributed by atoms with Gasteiger partial charge in [0.1, 0.15) is 11.6 Å². The number of methoxy groups -OCH3 is 1. The lowest BCUT2D eigenvalue weighted by Gasteiger charge is -2.27. The van der Waals surface area contributed by atoms with Crippen LogP contribution < -0.4 is 10.3 Å². The Hall–Kier alpha value is -3.58. The minimum Gasteiger partial charge on any atom is -0.497 e. The summed E-state index contributed by atoms with van der Waals surface area (Å²) in [7, 11) is 1.66. The minimum absolute atomic E-state index is 0.0590. The molecule has 1 aliphatic heterocycles. The number of hydrogen-bond donors (Lipinski definition) is 1. The number of benzene rings is 1. The van der Waals surface area contributed by atoms with Crippen molar-refractivity contribution in [3.05, 3.63) is 82.2 Å². The van der Waals surface area contributed by atoms with Crippen molar-refractivity contribution in [1.29, 1.82) is 0 Å². The molecule has 1 N–H and O–H groups in total. The van der Waals surface area contributed by atoms with Crippen LogP contribution in [0.5, 0.6) is 5.75 Å². The molecular weight excluding hydrogens is 378 g/mol. The van der Waals surface area contributed by atoms with Gasteiger partial charge >= 0.3 is 0 Å². The van der Waals surface area contributed by atoms with Crippen LogP contribution in [0.4, 0.5) is 0 Å². The summed E-state index contributed by atoms with van der Waals surface area (Å²) >= 11 is 0. The van der Waals surface area contributed by atoms with Gasteiger partial charge in [0.05, 0.1) is 24.0 Å². The Kier molecular flexibility index (Phi) is 4.72. The number of fused-ring (bicyclic) bond motifs is 2. The van der Waals surface area contributed by atoms with Gasteiger partial charge in [0.25, 0.3) is 5.56 Å². The van der Waals surface area contributed by atoms with E-state index in [1.807, 2.05) is 36.4 Å². The smallest absolute Gasteiger partial charge is 0.254 e. The molecule has 7 nitrogen and oxygen atoms in total. The molecule has 4 aromatic rings. The molecule has 0 bridgehead atoms. The first kappa shape index (κ1) is 18.4. The summed E-state index contributed by atoms with van der Waals surface area (Å²) in [6.45, 7) is 2.12. The summed E-state index contributed by atoms with van der Waals surface area (Å²) in [5, 5.41) is 1.05. The van der Waals surface area contributed by atoms with Gasteiger partial charge in [-0.15, -0.1) is 0 Å². The zero-order valence-corrected chi connectivity index (χ0v) is 16.6. The monoisotopic (exact) mass is 399 g/mol. The Morgan fingerprint density at radius 1 is 1.17 bits per heavy atom.